The van der Waals surface area contributed by atoms with E-state index in [4.69, 9.17) is 13.1 Å². The Balaban J connectivity index is 1.02. The first-order valence-electron chi connectivity index (χ1n) is 21.0. The maximum Gasteiger partial charge on any atom is 0.270 e. The van der Waals surface area contributed by atoms with Gasteiger partial charge < -0.3 is 0 Å². The number of hydrogen-bond donors (Lipinski definition) is 0. The number of allylic oxidation sites excluding steroid dienone is 6. The monoisotopic (exact) mass is 872 g/mol. The van der Waals surface area contributed by atoms with Crippen LogP contribution in [-0.2, 0) is 10.8 Å². The van der Waals surface area contributed by atoms with Crippen molar-refractivity contribution in [3.63, 3.8) is 0 Å². The molecular weight excluding hydrogens is 841 g/mol. The van der Waals surface area contributed by atoms with E-state index < -0.39 is 0 Å². The minimum atomic E-state index is -0.141. The van der Waals surface area contributed by atoms with Gasteiger partial charge in [-0.2, -0.15) is 0 Å². The van der Waals surface area contributed by atoms with Crippen molar-refractivity contribution in [2.75, 3.05) is 0 Å². The highest BCUT2D eigenvalue weighted by atomic mass is 32.1. The van der Waals surface area contributed by atoms with Gasteiger partial charge in [-0.3, -0.25) is 9.59 Å². The van der Waals surface area contributed by atoms with E-state index in [9.17, 15) is 20.1 Å². The Kier molecular flexibility index (Phi) is 8.25. The molecular formula is C52H32N4O2S4. The van der Waals surface area contributed by atoms with Gasteiger partial charge in [0, 0.05) is 74.9 Å². The minimum absolute atomic E-state index is 0.0571. The highest BCUT2D eigenvalue weighted by Crippen LogP contribution is 2.69. The summed E-state index contributed by atoms with van der Waals surface area (Å²) in [6.07, 6.45) is 15.2. The maximum absolute atomic E-state index is 13.9. The molecule has 0 bridgehead atoms. The molecule has 4 heterocycles. The van der Waals surface area contributed by atoms with Gasteiger partial charge in [-0.15, -0.1) is 45.3 Å². The largest absolute Gasteiger partial charge is 0.289 e. The summed E-state index contributed by atoms with van der Waals surface area (Å²) in [5.74, 6) is -0.282. The van der Waals surface area contributed by atoms with Crippen molar-refractivity contribution in [1.29, 1.82) is 10.5 Å². The van der Waals surface area contributed by atoms with E-state index in [1.165, 1.54) is 64.0 Å². The zero-order valence-electron chi connectivity index (χ0n) is 33.2. The Morgan fingerprint density at radius 2 is 0.952 bits per heavy atom. The zero-order valence-corrected chi connectivity index (χ0v) is 36.5. The molecule has 0 radical (unpaired) electrons. The Labute approximate surface area is 374 Å². The third-order valence-corrected chi connectivity index (χ3v) is 19.3. The van der Waals surface area contributed by atoms with Crippen LogP contribution in [0.1, 0.15) is 128 Å². The van der Waals surface area contributed by atoms with Gasteiger partial charge in [0.1, 0.15) is 0 Å². The topological polar surface area (TPSA) is 90.4 Å². The number of carbonyl (C=O) groups excluding carboxylic acids is 2. The van der Waals surface area contributed by atoms with E-state index in [0.717, 1.165) is 61.1 Å². The van der Waals surface area contributed by atoms with E-state index in [-0.39, 0.29) is 33.8 Å². The van der Waals surface area contributed by atoms with Crippen LogP contribution in [0.2, 0.25) is 0 Å². The summed E-state index contributed by atoms with van der Waals surface area (Å²) in [6, 6.07) is 23.4. The van der Waals surface area contributed by atoms with Crippen LogP contribution in [0.4, 0.5) is 0 Å². The SMILES string of the molecule is [C-]#[N+]/C(C#N)=C1\C(=C\c2cc3c(s2)-c2sc4c5c(sc4c2C32CCCCC2)-c2sc(/C=C3\C(=O)c4ccccc4\C3=C(\C#N)[N+]#[C-])cc2C52CCCCC2)C(=O)c2ccccc21. The lowest BCUT2D eigenvalue weighted by Crippen LogP contribution is -2.28. The quantitative estimate of drug-likeness (QED) is 0.0984. The molecule has 296 valence electrons. The molecule has 4 aromatic heterocycles. The fourth-order valence-electron chi connectivity index (χ4n) is 11.7. The van der Waals surface area contributed by atoms with Crippen LogP contribution in [0, 0.1) is 35.8 Å². The van der Waals surface area contributed by atoms with Crippen molar-refractivity contribution < 1.29 is 9.59 Å². The molecule has 2 aromatic carbocycles. The molecule has 2 saturated carbocycles. The average Bonchev–Trinajstić information content (AvgIpc) is 4.18. The van der Waals surface area contributed by atoms with Gasteiger partial charge in [0.05, 0.1) is 44.4 Å². The number of fused-ring (bicyclic) bond motifs is 15. The van der Waals surface area contributed by atoms with Crippen LogP contribution >= 0.6 is 45.3 Å². The Bertz CT molecular complexity index is 3150. The molecule has 0 N–H and O–H groups in total. The first-order chi connectivity index (χ1) is 30.4. The zero-order chi connectivity index (χ0) is 42.1. The van der Waals surface area contributed by atoms with Gasteiger partial charge in [0.2, 0.25) is 0 Å². The summed E-state index contributed by atoms with van der Waals surface area (Å²) >= 11 is 7.42. The molecule has 6 aliphatic rings. The number of rotatable bonds is 2. The molecule has 6 aromatic rings. The number of Topliss-reactive ketones (excluding diaryl/α,β-unsaturated/α-hetero) is 2. The molecule has 0 aliphatic heterocycles. The van der Waals surface area contributed by atoms with E-state index in [1.807, 2.05) is 71.2 Å². The molecule has 0 unspecified atom stereocenters. The van der Waals surface area contributed by atoms with Crippen molar-refractivity contribution in [2.45, 2.75) is 75.0 Å². The van der Waals surface area contributed by atoms with E-state index in [2.05, 4.69) is 34.0 Å². The van der Waals surface area contributed by atoms with Crippen molar-refractivity contribution in [3.8, 4) is 31.6 Å². The van der Waals surface area contributed by atoms with Crippen LogP contribution in [0.15, 0.2) is 83.2 Å². The van der Waals surface area contributed by atoms with Crippen LogP contribution < -0.4 is 0 Å². The van der Waals surface area contributed by atoms with Crippen molar-refractivity contribution in [3.05, 3.63) is 160 Å². The molecule has 62 heavy (non-hydrogen) atoms. The summed E-state index contributed by atoms with van der Waals surface area (Å²) < 4.78 is 2.85. The lowest BCUT2D eigenvalue weighted by molar-refractivity contribution is 0.103. The Morgan fingerprint density at radius 3 is 1.32 bits per heavy atom. The molecule has 2 fully saturated rings. The second-order valence-electron chi connectivity index (χ2n) is 17.1. The molecule has 6 aliphatic carbocycles. The predicted molar refractivity (Wildman–Crippen MR) is 250 cm³/mol. The van der Waals surface area contributed by atoms with Crippen LogP contribution in [-0.4, -0.2) is 11.6 Å². The van der Waals surface area contributed by atoms with Gasteiger partial charge in [-0.1, -0.05) is 87.1 Å². The van der Waals surface area contributed by atoms with E-state index in [0.29, 0.717) is 44.5 Å². The fourth-order valence-corrected chi connectivity index (χ4v) is 17.7. The summed E-state index contributed by atoms with van der Waals surface area (Å²) in [4.78, 5) is 42.2. The highest BCUT2D eigenvalue weighted by Gasteiger charge is 2.53. The first kappa shape index (κ1) is 37.5. The number of nitriles is 2. The number of benzene rings is 2. The lowest BCUT2D eigenvalue weighted by atomic mass is 9.67. The second kappa shape index (κ2) is 13.6. The molecule has 0 atom stereocenters. The van der Waals surface area contributed by atoms with E-state index >= 15 is 0 Å². The normalized spacial score (nSPS) is 21.3. The number of hydrogen-bond acceptors (Lipinski definition) is 8. The molecule has 0 amide bonds. The molecule has 10 heteroatoms. The minimum Gasteiger partial charge on any atom is -0.289 e. The van der Waals surface area contributed by atoms with Crippen molar-refractivity contribution in [1.82, 2.24) is 0 Å². The summed E-state index contributed by atoms with van der Waals surface area (Å²) in [5, 5.41) is 19.9. The molecule has 6 nitrogen and oxygen atoms in total. The van der Waals surface area contributed by atoms with E-state index in [1.54, 1.807) is 34.8 Å². The van der Waals surface area contributed by atoms with Gasteiger partial charge in [0.15, 0.2) is 11.6 Å². The number of thiophene rings is 4. The van der Waals surface area contributed by atoms with Gasteiger partial charge in [-0.25, -0.2) is 20.2 Å². The van der Waals surface area contributed by atoms with Crippen LogP contribution in [0.5, 0.6) is 0 Å². The first-order valence-corrected chi connectivity index (χ1v) is 24.3. The smallest absolute Gasteiger partial charge is 0.270 e. The number of ketones is 2. The summed E-state index contributed by atoms with van der Waals surface area (Å²) in [6.45, 7) is 15.6. The summed E-state index contributed by atoms with van der Waals surface area (Å²) in [7, 11) is 0. The molecule has 12 rings (SSSR count). The number of nitrogens with zero attached hydrogens (tertiary/aromatic N) is 4. The predicted octanol–water partition coefficient (Wildman–Crippen LogP) is 14.4. The van der Waals surface area contributed by atoms with Crippen molar-refractivity contribution in [2.24, 2.45) is 0 Å². The van der Waals surface area contributed by atoms with Crippen LogP contribution in [0.25, 0.3) is 61.9 Å². The van der Waals surface area contributed by atoms with Gasteiger partial charge in [-0.05, 0) is 72.2 Å². The number of carbonyl (C=O) groups is 2. The average molecular weight is 873 g/mol. The second-order valence-corrected chi connectivity index (χ2v) is 21.3. The Hall–Kier alpha value is -6.24. The third kappa shape index (κ3) is 4.84. The maximum atomic E-state index is 13.9. The van der Waals surface area contributed by atoms with Gasteiger partial charge in [0.25, 0.3) is 11.4 Å². The molecule has 2 spiro atoms. The highest BCUT2D eigenvalue weighted by molar-refractivity contribution is 7.34. The Morgan fingerprint density at radius 1 is 0.565 bits per heavy atom. The standard InChI is InChI=1S/C52H32N4O2S4/c1-55-37(25-53)39-29-13-5-7-15-31(29)43(57)33(39)21-27-23-35-45(59-27)47-41(51(35)17-9-3-10-18-51)49-50(61-47)42-48(62-49)46-36(52(42)19-11-4-12-20-52)24-28(60-46)22-34-40(38(26-54)56-2)30-14-6-8-16-32(30)44(34)58/h5-8,13-16,21-24H,3-4,9-12,17-20H2/b33-21-,34-22-,39-37-,40-38+. The fraction of sp³-hybridized carbons (Fsp3) is 0.231. The third-order valence-electron chi connectivity index (χ3n) is 14.2. The van der Waals surface area contributed by atoms with Crippen LogP contribution in [0.3, 0.4) is 0 Å². The summed E-state index contributed by atoms with van der Waals surface area (Å²) in [5.41, 5.74) is 9.50. The van der Waals surface area contributed by atoms with Crippen molar-refractivity contribution >= 4 is 89.6 Å². The lowest BCUT2D eigenvalue weighted by Gasteiger charge is -2.35. The molecule has 0 saturated heterocycles. The van der Waals surface area contributed by atoms with Gasteiger partial charge >= 0.3 is 0 Å².